The standard InChI is InChI=1S/C18H16N2O3S3/c1-12-3-7-14(8-4-12)11-16-17(21)20(18(24)25-16)19-26(22,23)15-9-5-13(2)6-10-15/h3-11,19H,1-2H3/b16-11+. The van der Waals surface area contributed by atoms with E-state index in [4.69, 9.17) is 12.2 Å². The van der Waals surface area contributed by atoms with E-state index in [1.54, 1.807) is 18.2 Å². The van der Waals surface area contributed by atoms with Gasteiger partial charge in [-0.25, -0.2) is 13.4 Å². The van der Waals surface area contributed by atoms with Crippen LogP contribution in [0.5, 0.6) is 0 Å². The average Bonchev–Trinajstić information content (AvgIpc) is 2.84. The van der Waals surface area contributed by atoms with Crippen molar-refractivity contribution in [3.63, 3.8) is 0 Å². The Labute approximate surface area is 162 Å². The number of hydrazine groups is 1. The molecule has 0 saturated carbocycles. The van der Waals surface area contributed by atoms with Crippen molar-refractivity contribution in [3.05, 3.63) is 70.1 Å². The molecule has 3 rings (SSSR count). The molecule has 0 spiro atoms. The van der Waals surface area contributed by atoms with Gasteiger partial charge in [0.05, 0.1) is 9.80 Å². The SMILES string of the molecule is Cc1ccc(/C=C2/SC(=S)N(NS(=O)(=O)c3ccc(C)cc3)C2=O)cc1. The summed E-state index contributed by atoms with van der Waals surface area (Å²) in [6.45, 7) is 3.84. The molecule has 1 fully saturated rings. The number of thioether (sulfide) groups is 1. The lowest BCUT2D eigenvalue weighted by molar-refractivity contribution is -0.123. The second-order valence-electron chi connectivity index (χ2n) is 5.84. The Balaban J connectivity index is 1.83. The zero-order chi connectivity index (χ0) is 18.9. The predicted molar refractivity (Wildman–Crippen MR) is 108 cm³/mol. The highest BCUT2D eigenvalue weighted by atomic mass is 32.2. The van der Waals surface area contributed by atoms with Crippen LogP contribution >= 0.6 is 24.0 Å². The highest BCUT2D eigenvalue weighted by molar-refractivity contribution is 8.26. The summed E-state index contributed by atoms with van der Waals surface area (Å²) < 4.78 is 25.1. The normalized spacial score (nSPS) is 16.5. The van der Waals surface area contributed by atoms with Crippen molar-refractivity contribution in [3.8, 4) is 0 Å². The lowest BCUT2D eigenvalue weighted by Gasteiger charge is -2.16. The molecule has 2 aromatic carbocycles. The van der Waals surface area contributed by atoms with Crippen molar-refractivity contribution < 1.29 is 13.2 Å². The molecular formula is C18H16N2O3S3. The predicted octanol–water partition coefficient (Wildman–Crippen LogP) is 3.40. The molecule has 8 heteroatoms. The highest BCUT2D eigenvalue weighted by Crippen LogP contribution is 2.32. The molecule has 1 N–H and O–H groups in total. The molecule has 1 aliphatic heterocycles. The Bertz CT molecular complexity index is 995. The van der Waals surface area contributed by atoms with Crippen molar-refractivity contribution >= 4 is 50.3 Å². The number of nitrogens with zero attached hydrogens (tertiary/aromatic N) is 1. The molecule has 134 valence electrons. The number of sulfonamides is 1. The Morgan fingerprint density at radius 2 is 1.54 bits per heavy atom. The summed E-state index contributed by atoms with van der Waals surface area (Å²) in [5.41, 5.74) is 2.90. The lowest BCUT2D eigenvalue weighted by Crippen LogP contribution is -2.44. The van der Waals surface area contributed by atoms with Crippen LogP contribution in [0.3, 0.4) is 0 Å². The molecule has 0 atom stereocenters. The third-order valence-electron chi connectivity index (χ3n) is 3.71. The molecule has 1 aliphatic rings. The molecule has 1 heterocycles. The molecule has 0 aliphatic carbocycles. The molecule has 5 nitrogen and oxygen atoms in total. The summed E-state index contributed by atoms with van der Waals surface area (Å²) in [6.07, 6.45) is 1.69. The maximum absolute atomic E-state index is 12.6. The largest absolute Gasteiger partial charge is 0.281 e. The van der Waals surface area contributed by atoms with Gasteiger partial charge in [0, 0.05) is 0 Å². The maximum Gasteiger partial charge on any atom is 0.281 e. The number of benzene rings is 2. The van der Waals surface area contributed by atoms with Gasteiger partial charge in [0.1, 0.15) is 0 Å². The summed E-state index contributed by atoms with van der Waals surface area (Å²) >= 11 is 6.23. The Morgan fingerprint density at radius 3 is 2.12 bits per heavy atom. The van der Waals surface area contributed by atoms with Gasteiger partial charge in [0.2, 0.25) is 0 Å². The second kappa shape index (κ2) is 7.32. The summed E-state index contributed by atoms with van der Waals surface area (Å²) in [5.74, 6) is -0.490. The second-order valence-corrected chi connectivity index (χ2v) is 9.17. The van der Waals surface area contributed by atoms with Crippen LogP contribution in [0.1, 0.15) is 16.7 Å². The van der Waals surface area contributed by atoms with Crippen LogP contribution < -0.4 is 4.83 Å². The number of amides is 1. The van der Waals surface area contributed by atoms with Gasteiger partial charge in [-0.2, -0.15) is 0 Å². The zero-order valence-corrected chi connectivity index (χ0v) is 16.5. The molecular weight excluding hydrogens is 388 g/mol. The van der Waals surface area contributed by atoms with Gasteiger partial charge in [-0.3, -0.25) is 4.79 Å². The number of thiocarbonyl (C=S) groups is 1. The van der Waals surface area contributed by atoms with E-state index < -0.39 is 15.9 Å². The molecule has 1 saturated heterocycles. The van der Waals surface area contributed by atoms with Crippen LogP contribution in [0.4, 0.5) is 0 Å². The van der Waals surface area contributed by atoms with E-state index in [2.05, 4.69) is 4.83 Å². The zero-order valence-electron chi connectivity index (χ0n) is 14.1. The van der Waals surface area contributed by atoms with Gasteiger partial charge in [0.15, 0.2) is 4.32 Å². The van der Waals surface area contributed by atoms with E-state index in [0.29, 0.717) is 4.91 Å². The van der Waals surface area contributed by atoms with Gasteiger partial charge in [-0.15, -0.1) is 4.83 Å². The minimum absolute atomic E-state index is 0.0691. The fourth-order valence-electron chi connectivity index (χ4n) is 2.25. The summed E-state index contributed by atoms with van der Waals surface area (Å²) in [4.78, 5) is 15.3. The molecule has 0 aromatic heterocycles. The summed E-state index contributed by atoms with van der Waals surface area (Å²) in [5, 5.41) is 0.898. The molecule has 1 amide bonds. The van der Waals surface area contributed by atoms with Crippen molar-refractivity contribution in [1.29, 1.82) is 0 Å². The Morgan fingerprint density at radius 1 is 1.00 bits per heavy atom. The fraction of sp³-hybridized carbons (Fsp3) is 0.111. The minimum atomic E-state index is -3.90. The van der Waals surface area contributed by atoms with Gasteiger partial charge >= 0.3 is 0 Å². The number of hydrogen-bond donors (Lipinski definition) is 1. The molecule has 2 aromatic rings. The van der Waals surface area contributed by atoms with Crippen molar-refractivity contribution in [2.75, 3.05) is 0 Å². The first-order chi connectivity index (χ1) is 12.3. The minimum Gasteiger partial charge on any atom is -0.267 e. The van der Waals surface area contributed by atoms with Gasteiger partial charge in [-0.1, -0.05) is 71.5 Å². The summed E-state index contributed by atoms with van der Waals surface area (Å²) in [6, 6.07) is 14.0. The average molecular weight is 405 g/mol. The number of carbonyl (C=O) groups excluding carboxylic acids is 1. The van der Waals surface area contributed by atoms with Crippen molar-refractivity contribution in [2.24, 2.45) is 0 Å². The molecule has 0 bridgehead atoms. The quantitative estimate of drug-likeness (QED) is 0.625. The first-order valence-corrected chi connectivity index (χ1v) is 10.4. The van der Waals surface area contributed by atoms with E-state index in [1.165, 1.54) is 12.1 Å². The topological polar surface area (TPSA) is 66.5 Å². The molecule has 26 heavy (non-hydrogen) atoms. The smallest absolute Gasteiger partial charge is 0.267 e. The van der Waals surface area contributed by atoms with E-state index >= 15 is 0 Å². The first kappa shape index (κ1) is 18.8. The van der Waals surface area contributed by atoms with Crippen LogP contribution in [0, 0.1) is 13.8 Å². The monoisotopic (exact) mass is 404 g/mol. The van der Waals surface area contributed by atoms with Crippen LogP contribution in [-0.2, 0) is 14.8 Å². The number of rotatable bonds is 4. The summed E-state index contributed by atoms with van der Waals surface area (Å²) in [7, 11) is -3.90. The van der Waals surface area contributed by atoms with Crippen LogP contribution in [0.25, 0.3) is 6.08 Å². The van der Waals surface area contributed by atoms with E-state index in [9.17, 15) is 13.2 Å². The Kier molecular flexibility index (Phi) is 5.29. The third kappa shape index (κ3) is 4.04. The van der Waals surface area contributed by atoms with Gasteiger partial charge < -0.3 is 0 Å². The molecule has 0 radical (unpaired) electrons. The third-order valence-corrected chi connectivity index (χ3v) is 6.33. The van der Waals surface area contributed by atoms with Gasteiger partial charge in [0.25, 0.3) is 15.9 Å². The maximum atomic E-state index is 12.6. The highest BCUT2D eigenvalue weighted by Gasteiger charge is 2.35. The van der Waals surface area contributed by atoms with E-state index in [1.807, 2.05) is 38.1 Å². The molecule has 0 unspecified atom stereocenters. The van der Waals surface area contributed by atoms with Crippen molar-refractivity contribution in [2.45, 2.75) is 18.7 Å². The van der Waals surface area contributed by atoms with E-state index in [0.717, 1.165) is 33.5 Å². The number of hydrogen-bond acceptors (Lipinski definition) is 5. The lowest BCUT2D eigenvalue weighted by atomic mass is 10.1. The van der Waals surface area contributed by atoms with Crippen LogP contribution in [-0.4, -0.2) is 23.7 Å². The van der Waals surface area contributed by atoms with Crippen LogP contribution in [0.2, 0.25) is 0 Å². The number of nitrogens with one attached hydrogen (secondary N) is 1. The number of aryl methyl sites for hydroxylation is 2. The van der Waals surface area contributed by atoms with Crippen LogP contribution in [0.15, 0.2) is 58.3 Å². The number of carbonyl (C=O) groups is 1. The Hall–Kier alpha value is -2.00. The first-order valence-electron chi connectivity index (χ1n) is 7.70. The van der Waals surface area contributed by atoms with Gasteiger partial charge in [-0.05, 0) is 37.6 Å². The van der Waals surface area contributed by atoms with E-state index in [-0.39, 0.29) is 9.22 Å². The van der Waals surface area contributed by atoms with Crippen molar-refractivity contribution in [1.82, 2.24) is 9.84 Å². The fourth-order valence-corrected chi connectivity index (χ4v) is 4.56.